The molecular weight excluding hydrogens is 276 g/mol. The number of rotatable bonds is 5. The molecular formula is C15H29ClN2O2. The van der Waals surface area contributed by atoms with Crippen molar-refractivity contribution in [2.75, 3.05) is 26.2 Å². The van der Waals surface area contributed by atoms with Gasteiger partial charge in [0.05, 0.1) is 6.10 Å². The molecule has 2 rings (SSSR count). The molecule has 118 valence electrons. The second-order valence-electron chi connectivity index (χ2n) is 5.87. The Bertz CT molecular complexity index is 275. The lowest BCUT2D eigenvalue weighted by atomic mass is 9.88. The van der Waals surface area contributed by atoms with Gasteiger partial charge in [-0.15, -0.1) is 12.4 Å². The van der Waals surface area contributed by atoms with E-state index in [1.165, 1.54) is 19.3 Å². The van der Waals surface area contributed by atoms with E-state index in [1.807, 2.05) is 0 Å². The van der Waals surface area contributed by atoms with Gasteiger partial charge in [-0.1, -0.05) is 19.3 Å². The molecule has 0 aromatic carbocycles. The molecule has 0 atom stereocenters. The van der Waals surface area contributed by atoms with Crippen LogP contribution in [0.4, 0.5) is 0 Å². The molecule has 0 bridgehead atoms. The summed E-state index contributed by atoms with van der Waals surface area (Å²) in [6.45, 7) is 3.21. The topological polar surface area (TPSA) is 55.6 Å². The Hall–Kier alpha value is -0.320. The SMILES string of the molecule is Cl.NCCCOC1CCN(C(=O)C2CCCCC2)CC1. The fraction of sp³-hybridized carbons (Fsp3) is 0.933. The molecule has 5 heteroatoms. The summed E-state index contributed by atoms with van der Waals surface area (Å²) in [5, 5.41) is 0. The van der Waals surface area contributed by atoms with Crippen molar-refractivity contribution >= 4 is 18.3 Å². The molecule has 1 heterocycles. The Kier molecular flexibility index (Phi) is 8.50. The highest BCUT2D eigenvalue weighted by Crippen LogP contribution is 2.26. The van der Waals surface area contributed by atoms with Gasteiger partial charge in [0.2, 0.25) is 5.91 Å². The van der Waals surface area contributed by atoms with Gasteiger partial charge in [-0.2, -0.15) is 0 Å². The van der Waals surface area contributed by atoms with Crippen LogP contribution in [0.2, 0.25) is 0 Å². The highest BCUT2D eigenvalue weighted by atomic mass is 35.5. The first-order valence-electron chi connectivity index (χ1n) is 7.91. The van der Waals surface area contributed by atoms with Crippen LogP contribution in [-0.4, -0.2) is 43.2 Å². The number of likely N-dealkylation sites (tertiary alicyclic amines) is 1. The van der Waals surface area contributed by atoms with E-state index in [9.17, 15) is 4.79 Å². The zero-order valence-corrected chi connectivity index (χ0v) is 13.2. The number of nitrogens with two attached hydrogens (primary N) is 1. The number of carbonyl (C=O) groups excluding carboxylic acids is 1. The molecule has 2 N–H and O–H groups in total. The maximum absolute atomic E-state index is 12.4. The molecule has 1 saturated carbocycles. The second-order valence-corrected chi connectivity index (χ2v) is 5.87. The van der Waals surface area contributed by atoms with E-state index in [1.54, 1.807) is 0 Å². The largest absolute Gasteiger partial charge is 0.378 e. The number of amides is 1. The molecule has 0 unspecified atom stereocenters. The third-order valence-electron chi connectivity index (χ3n) is 4.41. The summed E-state index contributed by atoms with van der Waals surface area (Å²) in [5.41, 5.74) is 5.46. The van der Waals surface area contributed by atoms with Gasteiger partial charge in [0.25, 0.3) is 0 Å². The van der Waals surface area contributed by atoms with Crippen LogP contribution in [0.25, 0.3) is 0 Å². The summed E-state index contributed by atoms with van der Waals surface area (Å²) < 4.78 is 5.78. The summed E-state index contributed by atoms with van der Waals surface area (Å²) >= 11 is 0. The normalized spacial score (nSPS) is 21.6. The van der Waals surface area contributed by atoms with E-state index in [0.717, 1.165) is 51.8 Å². The maximum Gasteiger partial charge on any atom is 0.225 e. The molecule has 1 saturated heterocycles. The van der Waals surface area contributed by atoms with Crippen molar-refractivity contribution in [2.24, 2.45) is 11.7 Å². The van der Waals surface area contributed by atoms with Crippen LogP contribution in [0.15, 0.2) is 0 Å². The number of piperidine rings is 1. The van der Waals surface area contributed by atoms with E-state index in [-0.39, 0.29) is 12.4 Å². The van der Waals surface area contributed by atoms with Crippen molar-refractivity contribution in [2.45, 2.75) is 57.5 Å². The third kappa shape index (κ3) is 5.23. The van der Waals surface area contributed by atoms with Gasteiger partial charge in [0.15, 0.2) is 0 Å². The number of hydrogen-bond donors (Lipinski definition) is 1. The highest BCUT2D eigenvalue weighted by Gasteiger charge is 2.29. The van der Waals surface area contributed by atoms with Crippen LogP contribution < -0.4 is 5.73 Å². The second kappa shape index (κ2) is 9.59. The van der Waals surface area contributed by atoms with Gasteiger partial charge in [0.1, 0.15) is 0 Å². The molecule has 4 nitrogen and oxygen atoms in total. The molecule has 1 amide bonds. The van der Waals surface area contributed by atoms with E-state index in [0.29, 0.717) is 24.5 Å². The molecule has 0 aromatic heterocycles. The number of hydrogen-bond acceptors (Lipinski definition) is 3. The van der Waals surface area contributed by atoms with Crippen LogP contribution in [0, 0.1) is 5.92 Å². The number of ether oxygens (including phenoxy) is 1. The van der Waals surface area contributed by atoms with E-state index >= 15 is 0 Å². The molecule has 20 heavy (non-hydrogen) atoms. The summed E-state index contributed by atoms with van der Waals surface area (Å²) in [7, 11) is 0. The van der Waals surface area contributed by atoms with Gasteiger partial charge in [-0.3, -0.25) is 4.79 Å². The zero-order valence-electron chi connectivity index (χ0n) is 12.4. The van der Waals surface area contributed by atoms with Gasteiger partial charge in [-0.25, -0.2) is 0 Å². The lowest BCUT2D eigenvalue weighted by Crippen LogP contribution is -2.44. The molecule has 2 fully saturated rings. The van der Waals surface area contributed by atoms with E-state index in [2.05, 4.69) is 4.90 Å². The van der Waals surface area contributed by atoms with E-state index < -0.39 is 0 Å². The average Bonchev–Trinajstić information content (AvgIpc) is 2.48. The van der Waals surface area contributed by atoms with Crippen LogP contribution in [0.3, 0.4) is 0 Å². The molecule has 2 aliphatic rings. The highest BCUT2D eigenvalue weighted by molar-refractivity contribution is 5.85. The smallest absolute Gasteiger partial charge is 0.225 e. The van der Waals surface area contributed by atoms with Gasteiger partial charge in [-0.05, 0) is 38.6 Å². The minimum absolute atomic E-state index is 0. The molecule has 0 spiro atoms. The summed E-state index contributed by atoms with van der Waals surface area (Å²) in [6.07, 6.45) is 9.22. The van der Waals surface area contributed by atoms with Crippen LogP contribution in [0.5, 0.6) is 0 Å². The molecule has 0 aromatic rings. The fourth-order valence-corrected chi connectivity index (χ4v) is 3.18. The summed E-state index contributed by atoms with van der Waals surface area (Å²) in [6, 6.07) is 0. The summed E-state index contributed by atoms with van der Waals surface area (Å²) in [4.78, 5) is 14.5. The zero-order chi connectivity index (χ0) is 13.5. The first-order chi connectivity index (χ1) is 9.31. The number of halogens is 1. The first-order valence-corrected chi connectivity index (χ1v) is 7.91. The Balaban J connectivity index is 0.00000200. The van der Waals surface area contributed by atoms with Crippen molar-refractivity contribution in [1.82, 2.24) is 4.90 Å². The van der Waals surface area contributed by atoms with Crippen molar-refractivity contribution in [3.8, 4) is 0 Å². The van der Waals surface area contributed by atoms with Crippen LogP contribution in [-0.2, 0) is 9.53 Å². The van der Waals surface area contributed by atoms with Crippen LogP contribution in [0.1, 0.15) is 51.4 Å². The maximum atomic E-state index is 12.4. The van der Waals surface area contributed by atoms with Gasteiger partial charge < -0.3 is 15.4 Å². The summed E-state index contributed by atoms with van der Waals surface area (Å²) in [5.74, 6) is 0.712. The first kappa shape index (κ1) is 17.7. The Morgan fingerprint density at radius 1 is 1.10 bits per heavy atom. The molecule has 1 aliphatic carbocycles. The minimum Gasteiger partial charge on any atom is -0.378 e. The Labute approximate surface area is 128 Å². The lowest BCUT2D eigenvalue weighted by molar-refractivity contribution is -0.139. The number of nitrogens with zero attached hydrogens (tertiary/aromatic N) is 1. The van der Waals surface area contributed by atoms with Gasteiger partial charge in [0, 0.05) is 25.6 Å². The van der Waals surface area contributed by atoms with Gasteiger partial charge >= 0.3 is 0 Å². The monoisotopic (exact) mass is 304 g/mol. The molecule has 1 aliphatic heterocycles. The third-order valence-corrected chi connectivity index (χ3v) is 4.41. The number of carbonyl (C=O) groups is 1. The Morgan fingerprint density at radius 2 is 1.75 bits per heavy atom. The van der Waals surface area contributed by atoms with Crippen molar-refractivity contribution in [1.29, 1.82) is 0 Å². The van der Waals surface area contributed by atoms with Crippen molar-refractivity contribution in [3.63, 3.8) is 0 Å². The van der Waals surface area contributed by atoms with Crippen molar-refractivity contribution < 1.29 is 9.53 Å². The fourth-order valence-electron chi connectivity index (χ4n) is 3.18. The standard InChI is InChI=1S/C15H28N2O2.ClH/c16-9-4-12-19-14-7-10-17(11-8-14)15(18)13-5-2-1-3-6-13;/h13-14H,1-12,16H2;1H. The van der Waals surface area contributed by atoms with E-state index in [4.69, 9.17) is 10.5 Å². The van der Waals surface area contributed by atoms with Crippen molar-refractivity contribution in [3.05, 3.63) is 0 Å². The molecule has 0 radical (unpaired) electrons. The lowest BCUT2D eigenvalue weighted by Gasteiger charge is -2.35. The Morgan fingerprint density at radius 3 is 2.35 bits per heavy atom. The predicted octanol–water partition coefficient (Wildman–Crippen LogP) is 2.34. The quantitative estimate of drug-likeness (QED) is 0.793. The predicted molar refractivity (Wildman–Crippen MR) is 83.0 cm³/mol. The average molecular weight is 305 g/mol. The van der Waals surface area contributed by atoms with Crippen LogP contribution >= 0.6 is 12.4 Å². The minimum atomic E-state index is 0.